The monoisotopic (exact) mass is 199 g/mol. The average molecular weight is 199 g/mol. The lowest BCUT2D eigenvalue weighted by Crippen LogP contribution is -2.25. The normalized spacial score (nSPS) is 9.07. The zero-order chi connectivity index (χ0) is 11.3. The van der Waals surface area contributed by atoms with Gasteiger partial charge in [-0.3, -0.25) is 0 Å². The lowest BCUT2D eigenvalue weighted by atomic mass is 10.2. The van der Waals surface area contributed by atoms with Gasteiger partial charge in [0.2, 0.25) is 0 Å². The number of hydrogen-bond donors (Lipinski definition) is 0. The van der Waals surface area contributed by atoms with Crippen molar-refractivity contribution in [3.8, 4) is 18.4 Å². The van der Waals surface area contributed by atoms with Crippen molar-refractivity contribution in [1.29, 1.82) is 5.26 Å². The Morgan fingerprint density at radius 1 is 1.53 bits per heavy atom. The molecular formula is C12H13N3. The predicted octanol–water partition coefficient (Wildman–Crippen LogP) is 1.72. The second kappa shape index (κ2) is 5.02. The van der Waals surface area contributed by atoms with Crippen molar-refractivity contribution in [1.82, 2.24) is 4.98 Å². The molecule has 0 spiro atoms. The van der Waals surface area contributed by atoms with Crippen molar-refractivity contribution in [2.75, 3.05) is 18.0 Å². The van der Waals surface area contributed by atoms with Crippen LogP contribution >= 0.6 is 0 Å². The summed E-state index contributed by atoms with van der Waals surface area (Å²) in [6, 6.07) is 5.72. The van der Waals surface area contributed by atoms with E-state index in [1.54, 1.807) is 6.07 Å². The second-order valence-electron chi connectivity index (χ2n) is 3.15. The molecule has 0 aromatic carbocycles. The molecule has 15 heavy (non-hydrogen) atoms. The Bertz CT molecular complexity index is 423. The molecule has 0 radical (unpaired) electrons. The van der Waals surface area contributed by atoms with E-state index in [9.17, 15) is 0 Å². The maximum atomic E-state index is 8.95. The fourth-order valence-electron chi connectivity index (χ4n) is 1.32. The molecular weight excluding hydrogens is 186 g/mol. The van der Waals surface area contributed by atoms with Crippen LogP contribution in [0.5, 0.6) is 0 Å². The maximum absolute atomic E-state index is 8.95. The molecule has 1 rings (SSSR count). The molecule has 0 aliphatic heterocycles. The summed E-state index contributed by atoms with van der Waals surface area (Å²) in [4.78, 5) is 6.25. The van der Waals surface area contributed by atoms with E-state index in [2.05, 4.69) is 17.0 Å². The van der Waals surface area contributed by atoms with E-state index in [0.29, 0.717) is 17.9 Å². The first kappa shape index (κ1) is 11.1. The predicted molar refractivity (Wildman–Crippen MR) is 60.4 cm³/mol. The molecule has 0 aliphatic carbocycles. The highest BCUT2D eigenvalue weighted by atomic mass is 15.2. The zero-order valence-corrected chi connectivity index (χ0v) is 8.99. The van der Waals surface area contributed by atoms with E-state index in [4.69, 9.17) is 11.7 Å². The van der Waals surface area contributed by atoms with Crippen LogP contribution < -0.4 is 4.90 Å². The van der Waals surface area contributed by atoms with E-state index >= 15 is 0 Å². The van der Waals surface area contributed by atoms with Gasteiger partial charge in [0.15, 0.2) is 0 Å². The van der Waals surface area contributed by atoms with Crippen molar-refractivity contribution in [2.45, 2.75) is 13.8 Å². The molecule has 0 amide bonds. The Labute approximate surface area is 90.4 Å². The van der Waals surface area contributed by atoms with Gasteiger partial charge in [0.05, 0.1) is 12.1 Å². The molecule has 0 bridgehead atoms. The Kier molecular flexibility index (Phi) is 3.71. The second-order valence-corrected chi connectivity index (χ2v) is 3.15. The number of nitrogens with zero attached hydrogens (tertiary/aromatic N) is 3. The van der Waals surface area contributed by atoms with Gasteiger partial charge in [-0.15, -0.1) is 6.42 Å². The summed E-state index contributed by atoms with van der Waals surface area (Å²) in [5.41, 5.74) is 1.46. The summed E-state index contributed by atoms with van der Waals surface area (Å²) in [5, 5.41) is 8.95. The molecule has 1 aromatic heterocycles. The van der Waals surface area contributed by atoms with Crippen molar-refractivity contribution >= 4 is 5.82 Å². The van der Waals surface area contributed by atoms with Gasteiger partial charge in [0.1, 0.15) is 11.9 Å². The number of nitriles is 1. The average Bonchev–Trinajstić information content (AvgIpc) is 2.26. The molecule has 0 aliphatic rings. The quantitative estimate of drug-likeness (QED) is 0.696. The minimum absolute atomic E-state index is 0.474. The van der Waals surface area contributed by atoms with Crippen LogP contribution in [0.15, 0.2) is 12.1 Å². The standard InChI is InChI=1S/C12H13N3/c1-4-8-15(5-2)12-11(9-13)7-6-10(3)14-12/h1,6-7H,5,8H2,2-3H3. The summed E-state index contributed by atoms with van der Waals surface area (Å²) in [7, 11) is 0. The lowest BCUT2D eigenvalue weighted by Gasteiger charge is -2.20. The minimum atomic E-state index is 0.474. The number of aromatic nitrogens is 1. The summed E-state index contributed by atoms with van der Waals surface area (Å²) < 4.78 is 0. The van der Waals surface area contributed by atoms with Gasteiger partial charge >= 0.3 is 0 Å². The number of aryl methyl sites for hydroxylation is 1. The largest absolute Gasteiger partial charge is 0.345 e. The fourth-order valence-corrected chi connectivity index (χ4v) is 1.32. The highest BCUT2D eigenvalue weighted by Crippen LogP contribution is 2.16. The van der Waals surface area contributed by atoms with Gasteiger partial charge in [-0.1, -0.05) is 5.92 Å². The molecule has 0 saturated carbocycles. The van der Waals surface area contributed by atoms with Crippen LogP contribution in [-0.4, -0.2) is 18.1 Å². The highest BCUT2D eigenvalue weighted by molar-refractivity contribution is 5.54. The molecule has 0 saturated heterocycles. The number of terminal acetylenes is 1. The molecule has 0 fully saturated rings. The van der Waals surface area contributed by atoms with E-state index in [0.717, 1.165) is 12.2 Å². The Morgan fingerprint density at radius 2 is 2.27 bits per heavy atom. The number of pyridine rings is 1. The van der Waals surface area contributed by atoms with Crippen molar-refractivity contribution in [3.05, 3.63) is 23.4 Å². The molecule has 1 aromatic rings. The molecule has 3 heteroatoms. The fraction of sp³-hybridized carbons (Fsp3) is 0.333. The molecule has 0 N–H and O–H groups in total. The number of rotatable bonds is 3. The summed E-state index contributed by atoms with van der Waals surface area (Å²) in [5.74, 6) is 3.24. The van der Waals surface area contributed by atoms with Crippen LogP contribution in [0.25, 0.3) is 0 Å². The lowest BCUT2D eigenvalue weighted by molar-refractivity contribution is 0.884. The third-order valence-corrected chi connectivity index (χ3v) is 2.10. The van der Waals surface area contributed by atoms with E-state index in [1.165, 1.54) is 0 Å². The van der Waals surface area contributed by atoms with Gasteiger partial charge in [-0.25, -0.2) is 4.98 Å². The summed E-state index contributed by atoms with van der Waals surface area (Å²) in [6.45, 7) is 5.11. The first-order chi connectivity index (χ1) is 7.22. The van der Waals surface area contributed by atoms with Crippen LogP contribution in [0.3, 0.4) is 0 Å². The van der Waals surface area contributed by atoms with Crippen LogP contribution in [0.1, 0.15) is 18.2 Å². The van der Waals surface area contributed by atoms with Gasteiger partial charge in [-0.2, -0.15) is 5.26 Å². The van der Waals surface area contributed by atoms with Crippen molar-refractivity contribution in [3.63, 3.8) is 0 Å². The van der Waals surface area contributed by atoms with Crippen molar-refractivity contribution < 1.29 is 0 Å². The molecule has 1 heterocycles. The minimum Gasteiger partial charge on any atom is -0.345 e. The molecule has 3 nitrogen and oxygen atoms in total. The first-order valence-electron chi connectivity index (χ1n) is 4.79. The highest BCUT2D eigenvalue weighted by Gasteiger charge is 2.10. The number of hydrogen-bond acceptors (Lipinski definition) is 3. The number of anilines is 1. The summed E-state index contributed by atoms with van der Waals surface area (Å²) >= 11 is 0. The third-order valence-electron chi connectivity index (χ3n) is 2.10. The first-order valence-corrected chi connectivity index (χ1v) is 4.79. The zero-order valence-electron chi connectivity index (χ0n) is 8.99. The maximum Gasteiger partial charge on any atom is 0.147 e. The SMILES string of the molecule is C#CCN(CC)c1nc(C)ccc1C#N. The van der Waals surface area contributed by atoms with Gasteiger partial charge in [-0.05, 0) is 26.0 Å². The van der Waals surface area contributed by atoms with Crippen molar-refractivity contribution in [2.24, 2.45) is 0 Å². The van der Waals surface area contributed by atoms with Gasteiger partial charge in [0, 0.05) is 12.2 Å². The van der Waals surface area contributed by atoms with Crippen LogP contribution in [0.4, 0.5) is 5.82 Å². The van der Waals surface area contributed by atoms with Gasteiger partial charge in [0.25, 0.3) is 0 Å². The Hall–Kier alpha value is -2.00. The summed E-state index contributed by atoms with van der Waals surface area (Å²) in [6.07, 6.45) is 5.27. The van der Waals surface area contributed by atoms with Crippen LogP contribution in [0.2, 0.25) is 0 Å². The smallest absolute Gasteiger partial charge is 0.147 e. The Morgan fingerprint density at radius 3 is 2.80 bits per heavy atom. The third kappa shape index (κ3) is 2.48. The van der Waals surface area contributed by atoms with E-state index in [1.807, 2.05) is 24.8 Å². The van der Waals surface area contributed by atoms with Crippen LogP contribution in [0, 0.1) is 30.6 Å². The Balaban J connectivity index is 3.16. The molecule has 76 valence electrons. The molecule has 0 atom stereocenters. The van der Waals surface area contributed by atoms with Crippen LogP contribution in [-0.2, 0) is 0 Å². The topological polar surface area (TPSA) is 39.9 Å². The molecule has 0 unspecified atom stereocenters. The van der Waals surface area contributed by atoms with E-state index < -0.39 is 0 Å². The van der Waals surface area contributed by atoms with E-state index in [-0.39, 0.29) is 0 Å². The van der Waals surface area contributed by atoms with Gasteiger partial charge < -0.3 is 4.90 Å².